The number of halogens is 2. The monoisotopic (exact) mass is 377 g/mol. The molecule has 0 saturated heterocycles. The summed E-state index contributed by atoms with van der Waals surface area (Å²) in [5, 5.41) is 12.4. The first kappa shape index (κ1) is 18.2. The number of benzene rings is 2. The lowest BCUT2D eigenvalue weighted by molar-refractivity contribution is -0.138. The Kier molecular flexibility index (Phi) is 5.42. The molecule has 0 aromatic heterocycles. The number of carbonyl (C=O) groups excluding carboxylic acids is 1. The van der Waals surface area contributed by atoms with Crippen molar-refractivity contribution in [3.05, 3.63) is 64.4 Å². The van der Waals surface area contributed by atoms with E-state index in [9.17, 15) is 14.0 Å². The fourth-order valence-corrected chi connectivity index (χ4v) is 3.14. The van der Waals surface area contributed by atoms with Gasteiger partial charge in [-0.25, -0.2) is 4.39 Å². The zero-order valence-electron chi connectivity index (χ0n) is 13.7. The minimum Gasteiger partial charge on any atom is -0.492 e. The van der Waals surface area contributed by atoms with E-state index >= 15 is 0 Å². The first-order chi connectivity index (χ1) is 12.4. The van der Waals surface area contributed by atoms with Crippen LogP contribution >= 0.6 is 11.6 Å². The van der Waals surface area contributed by atoms with E-state index in [2.05, 4.69) is 5.32 Å². The summed E-state index contributed by atoms with van der Waals surface area (Å²) in [7, 11) is 0. The van der Waals surface area contributed by atoms with Gasteiger partial charge in [0.1, 0.15) is 18.2 Å². The highest BCUT2D eigenvalue weighted by molar-refractivity contribution is 6.30. The molecule has 0 radical (unpaired) electrons. The Morgan fingerprint density at radius 3 is 2.69 bits per heavy atom. The van der Waals surface area contributed by atoms with Crippen molar-refractivity contribution < 1.29 is 23.8 Å². The minimum absolute atomic E-state index is 0.198. The summed E-state index contributed by atoms with van der Waals surface area (Å²) < 4.78 is 18.7. The van der Waals surface area contributed by atoms with Crippen LogP contribution < -0.4 is 10.1 Å². The van der Waals surface area contributed by atoms with Gasteiger partial charge < -0.3 is 15.2 Å². The highest BCUT2D eigenvalue weighted by Gasteiger charge is 2.28. The normalized spacial score (nSPS) is 16.9. The van der Waals surface area contributed by atoms with Crippen LogP contribution in [-0.2, 0) is 16.0 Å². The van der Waals surface area contributed by atoms with Gasteiger partial charge in [0.25, 0.3) is 0 Å². The fraction of sp³-hybridized carbons (Fsp3) is 0.263. The fourth-order valence-electron chi connectivity index (χ4n) is 2.94. The van der Waals surface area contributed by atoms with E-state index in [0.717, 1.165) is 5.56 Å². The van der Waals surface area contributed by atoms with E-state index in [-0.39, 0.29) is 18.9 Å². The smallest absolute Gasteiger partial charge is 0.305 e. The highest BCUT2D eigenvalue weighted by atomic mass is 35.5. The third-order valence-corrected chi connectivity index (χ3v) is 4.50. The molecule has 2 atom stereocenters. The number of carboxylic acid groups (broad SMARTS) is 1. The van der Waals surface area contributed by atoms with Crippen LogP contribution in [0.5, 0.6) is 5.75 Å². The van der Waals surface area contributed by atoms with E-state index in [1.165, 1.54) is 24.3 Å². The lowest BCUT2D eigenvalue weighted by Crippen LogP contribution is -2.39. The molecule has 0 unspecified atom stereocenters. The van der Waals surface area contributed by atoms with Crippen molar-refractivity contribution in [3.63, 3.8) is 0 Å². The lowest BCUT2D eigenvalue weighted by Gasteiger charge is -2.27. The molecule has 7 heteroatoms. The molecule has 5 nitrogen and oxygen atoms in total. The molecule has 136 valence electrons. The zero-order chi connectivity index (χ0) is 18.7. The third kappa shape index (κ3) is 4.32. The van der Waals surface area contributed by atoms with Gasteiger partial charge in [0.2, 0.25) is 5.91 Å². The van der Waals surface area contributed by atoms with Crippen LogP contribution in [0, 0.1) is 11.7 Å². The number of hydrogen-bond acceptors (Lipinski definition) is 3. The van der Waals surface area contributed by atoms with Crippen molar-refractivity contribution in [1.82, 2.24) is 5.32 Å². The molecule has 1 heterocycles. The summed E-state index contributed by atoms with van der Waals surface area (Å²) in [6.45, 7) is 0.198. The number of ether oxygens (including phenoxy) is 1. The van der Waals surface area contributed by atoms with Crippen LogP contribution in [0.25, 0.3) is 0 Å². The second-order valence-electron chi connectivity index (χ2n) is 6.17. The number of nitrogens with one attached hydrogen (secondary N) is 1. The molecular weight excluding hydrogens is 361 g/mol. The Morgan fingerprint density at radius 2 is 2.00 bits per heavy atom. The SMILES string of the molecule is O=C(O)C[C@@H](NC(=O)[C@H]1COc2ccc(Cl)cc2C1)c1ccc(F)cc1. The van der Waals surface area contributed by atoms with Crippen LogP contribution in [-0.4, -0.2) is 23.6 Å². The Balaban J connectivity index is 1.73. The topological polar surface area (TPSA) is 75.6 Å². The van der Waals surface area contributed by atoms with Gasteiger partial charge in [0.15, 0.2) is 0 Å². The quantitative estimate of drug-likeness (QED) is 0.837. The van der Waals surface area contributed by atoms with Crippen LogP contribution in [0.15, 0.2) is 42.5 Å². The van der Waals surface area contributed by atoms with Gasteiger partial charge in [-0.15, -0.1) is 0 Å². The largest absolute Gasteiger partial charge is 0.492 e. The number of hydrogen-bond donors (Lipinski definition) is 2. The highest BCUT2D eigenvalue weighted by Crippen LogP contribution is 2.30. The third-order valence-electron chi connectivity index (χ3n) is 4.27. The predicted octanol–water partition coefficient (Wildman–Crippen LogP) is 3.36. The van der Waals surface area contributed by atoms with Crippen molar-refractivity contribution in [2.45, 2.75) is 18.9 Å². The number of aliphatic carboxylic acids is 1. The van der Waals surface area contributed by atoms with Crippen LogP contribution in [0.3, 0.4) is 0 Å². The summed E-state index contributed by atoms with van der Waals surface area (Å²) in [5.41, 5.74) is 1.36. The minimum atomic E-state index is -1.06. The van der Waals surface area contributed by atoms with E-state index in [1.807, 2.05) is 0 Å². The Labute approximate surface area is 154 Å². The summed E-state index contributed by atoms with van der Waals surface area (Å²) in [6, 6.07) is 9.89. The summed E-state index contributed by atoms with van der Waals surface area (Å²) in [6.07, 6.45) is 0.151. The first-order valence-corrected chi connectivity index (χ1v) is 8.49. The molecule has 2 aromatic carbocycles. The second kappa shape index (κ2) is 7.74. The van der Waals surface area contributed by atoms with Gasteiger partial charge in [-0.05, 0) is 47.9 Å². The average molecular weight is 378 g/mol. The Bertz CT molecular complexity index is 825. The lowest BCUT2D eigenvalue weighted by atomic mass is 9.95. The van der Waals surface area contributed by atoms with E-state index < -0.39 is 23.7 Å². The van der Waals surface area contributed by atoms with Gasteiger partial charge >= 0.3 is 5.97 Å². The van der Waals surface area contributed by atoms with E-state index in [1.54, 1.807) is 18.2 Å². The summed E-state index contributed by atoms with van der Waals surface area (Å²) in [4.78, 5) is 23.8. The molecule has 1 amide bonds. The number of carboxylic acids is 1. The molecule has 0 aliphatic carbocycles. The van der Waals surface area contributed by atoms with Crippen molar-refractivity contribution in [1.29, 1.82) is 0 Å². The molecule has 2 aromatic rings. The molecule has 0 saturated carbocycles. The van der Waals surface area contributed by atoms with Crippen LogP contribution in [0.2, 0.25) is 5.02 Å². The Hall–Kier alpha value is -2.60. The van der Waals surface area contributed by atoms with Crippen LogP contribution in [0.4, 0.5) is 4.39 Å². The number of fused-ring (bicyclic) bond motifs is 1. The molecule has 26 heavy (non-hydrogen) atoms. The van der Waals surface area contributed by atoms with Gasteiger partial charge in [0.05, 0.1) is 18.4 Å². The molecule has 0 fully saturated rings. The van der Waals surface area contributed by atoms with Crippen molar-refractivity contribution >= 4 is 23.5 Å². The van der Waals surface area contributed by atoms with Crippen molar-refractivity contribution in [2.75, 3.05) is 6.61 Å². The standard InChI is InChI=1S/C19H17ClFNO4/c20-14-3-6-17-12(8-14)7-13(10-26-17)19(25)22-16(9-18(23)24)11-1-4-15(21)5-2-11/h1-6,8,13,16H,7,9-10H2,(H,22,25)(H,23,24)/t13-,16-/m1/s1. The van der Waals surface area contributed by atoms with Crippen LogP contribution in [0.1, 0.15) is 23.6 Å². The molecule has 0 spiro atoms. The maximum absolute atomic E-state index is 13.1. The van der Waals surface area contributed by atoms with Gasteiger partial charge in [-0.3, -0.25) is 9.59 Å². The van der Waals surface area contributed by atoms with Gasteiger partial charge in [-0.1, -0.05) is 23.7 Å². The maximum Gasteiger partial charge on any atom is 0.305 e. The van der Waals surface area contributed by atoms with E-state index in [0.29, 0.717) is 22.8 Å². The maximum atomic E-state index is 13.1. The number of amides is 1. The summed E-state index contributed by atoms with van der Waals surface area (Å²) >= 11 is 5.99. The molecule has 0 bridgehead atoms. The Morgan fingerprint density at radius 1 is 1.27 bits per heavy atom. The molecular formula is C19H17ClFNO4. The zero-order valence-corrected chi connectivity index (χ0v) is 14.5. The first-order valence-electron chi connectivity index (χ1n) is 8.11. The van der Waals surface area contributed by atoms with Crippen molar-refractivity contribution in [3.8, 4) is 5.75 Å². The van der Waals surface area contributed by atoms with E-state index in [4.69, 9.17) is 21.4 Å². The predicted molar refractivity (Wildman–Crippen MR) is 93.7 cm³/mol. The summed E-state index contributed by atoms with van der Waals surface area (Å²) in [5.74, 6) is -1.57. The average Bonchev–Trinajstić information content (AvgIpc) is 2.60. The molecule has 1 aliphatic heterocycles. The number of rotatable bonds is 5. The number of carbonyl (C=O) groups is 2. The molecule has 3 rings (SSSR count). The molecule has 1 aliphatic rings. The van der Waals surface area contributed by atoms with Gasteiger partial charge in [0, 0.05) is 5.02 Å². The van der Waals surface area contributed by atoms with Gasteiger partial charge in [-0.2, -0.15) is 0 Å². The molecule has 2 N–H and O–H groups in total. The second-order valence-corrected chi connectivity index (χ2v) is 6.61. The van der Waals surface area contributed by atoms with Crippen molar-refractivity contribution in [2.24, 2.45) is 5.92 Å².